The number of hydrogen-bond donors (Lipinski definition) is 1. The van der Waals surface area contributed by atoms with Crippen LogP contribution in [0.3, 0.4) is 0 Å². The van der Waals surface area contributed by atoms with Gasteiger partial charge in [-0.3, -0.25) is 4.79 Å². The Hall–Kier alpha value is -1.39. The normalized spacial score (nSPS) is 9.55. The van der Waals surface area contributed by atoms with Crippen molar-refractivity contribution in [1.29, 1.82) is 0 Å². The Bertz CT molecular complexity index is 218. The first-order chi connectivity index (χ1) is 5.33. The first-order valence-electron chi connectivity index (χ1n) is 3.42. The van der Waals surface area contributed by atoms with Crippen LogP contribution in [-0.2, 0) is 11.3 Å². The van der Waals surface area contributed by atoms with Crippen molar-refractivity contribution in [1.82, 2.24) is 20.1 Å². The van der Waals surface area contributed by atoms with Gasteiger partial charge in [-0.15, -0.1) is 10.2 Å². The van der Waals surface area contributed by atoms with Crippen LogP contribution in [0.25, 0.3) is 0 Å². The fourth-order valence-corrected chi connectivity index (χ4v) is 0.723. The van der Waals surface area contributed by atoms with E-state index >= 15 is 0 Å². The van der Waals surface area contributed by atoms with E-state index in [0.717, 1.165) is 0 Å². The molecule has 0 fully saturated rings. The van der Waals surface area contributed by atoms with Crippen molar-refractivity contribution in [2.45, 2.75) is 13.5 Å². The summed E-state index contributed by atoms with van der Waals surface area (Å²) in [6.07, 6.45) is 3.02. The molecule has 0 bridgehead atoms. The summed E-state index contributed by atoms with van der Waals surface area (Å²) in [4.78, 5) is 10.9. The average Bonchev–Trinajstić information content (AvgIpc) is 2.40. The highest BCUT2D eigenvalue weighted by atomic mass is 16.1. The number of nitrogens with zero attached hydrogens (tertiary/aromatic N) is 3. The largest absolute Gasteiger partial charge is 0.355 e. The fourth-order valence-electron chi connectivity index (χ4n) is 0.723. The van der Waals surface area contributed by atoms with Gasteiger partial charge < -0.3 is 9.88 Å². The molecule has 0 aliphatic carbocycles. The Labute approximate surface area is 64.4 Å². The Kier molecular flexibility index (Phi) is 2.59. The molecule has 0 aromatic carbocycles. The van der Waals surface area contributed by atoms with Gasteiger partial charge in [-0.2, -0.15) is 0 Å². The molecule has 1 aromatic heterocycles. The summed E-state index contributed by atoms with van der Waals surface area (Å²) in [7, 11) is 0. The topological polar surface area (TPSA) is 59.8 Å². The van der Waals surface area contributed by atoms with Gasteiger partial charge in [0.25, 0.3) is 0 Å². The van der Waals surface area contributed by atoms with Crippen LogP contribution in [0, 0.1) is 0 Å². The van der Waals surface area contributed by atoms with Crippen molar-refractivity contribution >= 4 is 5.91 Å². The van der Waals surface area contributed by atoms with E-state index in [0.29, 0.717) is 13.1 Å². The summed E-state index contributed by atoms with van der Waals surface area (Å²) < 4.78 is 1.62. The lowest BCUT2D eigenvalue weighted by Gasteiger charge is -2.00. The van der Waals surface area contributed by atoms with E-state index in [4.69, 9.17) is 0 Å². The second-order valence-electron chi connectivity index (χ2n) is 2.09. The number of carbonyl (C=O) groups is 1. The minimum absolute atomic E-state index is 0.0210. The zero-order valence-electron chi connectivity index (χ0n) is 6.32. The molecule has 1 heterocycles. The van der Waals surface area contributed by atoms with Crippen LogP contribution in [-0.4, -0.2) is 27.2 Å². The molecular formula is C6H10N4O. The Morgan fingerprint density at radius 1 is 1.55 bits per heavy atom. The minimum atomic E-state index is -0.0210. The third-order valence-electron chi connectivity index (χ3n) is 1.17. The van der Waals surface area contributed by atoms with Gasteiger partial charge in [-0.05, 0) is 6.92 Å². The Morgan fingerprint density at radius 3 is 2.73 bits per heavy atom. The van der Waals surface area contributed by atoms with Crippen LogP contribution in [0.15, 0.2) is 12.7 Å². The van der Waals surface area contributed by atoms with Crippen LogP contribution in [0.2, 0.25) is 0 Å². The van der Waals surface area contributed by atoms with Crippen molar-refractivity contribution < 1.29 is 4.79 Å². The molecule has 60 valence electrons. The van der Waals surface area contributed by atoms with Crippen LogP contribution in [0.1, 0.15) is 6.92 Å². The number of carbonyl (C=O) groups excluding carboxylic acids is 1. The predicted octanol–water partition coefficient (Wildman–Crippen LogP) is -0.586. The summed E-state index contributed by atoms with van der Waals surface area (Å²) >= 11 is 0. The smallest absolute Gasteiger partial charge is 0.240 e. The zero-order chi connectivity index (χ0) is 8.10. The number of aromatic nitrogens is 3. The monoisotopic (exact) mass is 154 g/mol. The van der Waals surface area contributed by atoms with E-state index in [1.807, 2.05) is 6.92 Å². The summed E-state index contributed by atoms with van der Waals surface area (Å²) in [5, 5.41) is 9.81. The minimum Gasteiger partial charge on any atom is -0.355 e. The van der Waals surface area contributed by atoms with Gasteiger partial charge in [0.05, 0.1) is 0 Å². The van der Waals surface area contributed by atoms with Gasteiger partial charge in [-0.1, -0.05) is 0 Å². The molecule has 1 rings (SSSR count). The molecule has 1 amide bonds. The second kappa shape index (κ2) is 3.70. The fraction of sp³-hybridized carbons (Fsp3) is 0.500. The molecule has 0 saturated heterocycles. The zero-order valence-corrected chi connectivity index (χ0v) is 6.32. The molecule has 0 radical (unpaired) electrons. The lowest BCUT2D eigenvalue weighted by atomic mass is 10.5. The Morgan fingerprint density at radius 2 is 2.18 bits per heavy atom. The van der Waals surface area contributed by atoms with Gasteiger partial charge in [-0.25, -0.2) is 0 Å². The number of rotatable bonds is 3. The SMILES string of the molecule is CCNC(=O)Cn1cnnc1. The first kappa shape index (κ1) is 7.71. The van der Waals surface area contributed by atoms with E-state index in [1.165, 1.54) is 12.7 Å². The van der Waals surface area contributed by atoms with Gasteiger partial charge in [0.15, 0.2) is 0 Å². The highest BCUT2D eigenvalue weighted by Gasteiger charge is 1.98. The van der Waals surface area contributed by atoms with Crippen molar-refractivity contribution in [3.63, 3.8) is 0 Å². The standard InChI is InChI=1S/C6H10N4O/c1-2-7-6(11)3-10-4-8-9-5-10/h4-5H,2-3H2,1H3,(H,7,11). The maximum atomic E-state index is 10.9. The third-order valence-corrected chi connectivity index (χ3v) is 1.17. The van der Waals surface area contributed by atoms with E-state index in [2.05, 4.69) is 15.5 Å². The lowest BCUT2D eigenvalue weighted by molar-refractivity contribution is -0.121. The van der Waals surface area contributed by atoms with Crippen molar-refractivity contribution in [3.05, 3.63) is 12.7 Å². The van der Waals surface area contributed by atoms with Crippen LogP contribution >= 0.6 is 0 Å². The molecule has 0 atom stereocenters. The molecule has 1 aromatic rings. The van der Waals surface area contributed by atoms with E-state index in [9.17, 15) is 4.79 Å². The van der Waals surface area contributed by atoms with Crippen molar-refractivity contribution in [2.75, 3.05) is 6.54 Å². The van der Waals surface area contributed by atoms with E-state index < -0.39 is 0 Å². The number of hydrogen-bond acceptors (Lipinski definition) is 3. The number of amides is 1. The van der Waals surface area contributed by atoms with Crippen LogP contribution < -0.4 is 5.32 Å². The molecule has 0 saturated carbocycles. The second-order valence-corrected chi connectivity index (χ2v) is 2.09. The van der Waals surface area contributed by atoms with Gasteiger partial charge >= 0.3 is 0 Å². The summed E-state index contributed by atoms with van der Waals surface area (Å²) in [5.41, 5.74) is 0. The molecule has 0 spiro atoms. The maximum absolute atomic E-state index is 10.9. The van der Waals surface area contributed by atoms with E-state index in [-0.39, 0.29) is 5.91 Å². The molecule has 0 unspecified atom stereocenters. The van der Waals surface area contributed by atoms with Crippen molar-refractivity contribution in [3.8, 4) is 0 Å². The average molecular weight is 154 g/mol. The van der Waals surface area contributed by atoms with E-state index in [1.54, 1.807) is 4.57 Å². The molecular weight excluding hydrogens is 144 g/mol. The quantitative estimate of drug-likeness (QED) is 0.633. The van der Waals surface area contributed by atoms with Gasteiger partial charge in [0.1, 0.15) is 19.2 Å². The molecule has 0 aliphatic heterocycles. The van der Waals surface area contributed by atoms with Crippen LogP contribution in [0.5, 0.6) is 0 Å². The summed E-state index contributed by atoms with van der Waals surface area (Å²) in [6, 6.07) is 0. The number of nitrogens with one attached hydrogen (secondary N) is 1. The highest BCUT2D eigenvalue weighted by Crippen LogP contribution is 1.80. The summed E-state index contributed by atoms with van der Waals surface area (Å²) in [5.74, 6) is -0.0210. The van der Waals surface area contributed by atoms with Crippen LogP contribution in [0.4, 0.5) is 0 Å². The molecule has 5 nitrogen and oxygen atoms in total. The molecule has 11 heavy (non-hydrogen) atoms. The predicted molar refractivity (Wildman–Crippen MR) is 38.7 cm³/mol. The lowest BCUT2D eigenvalue weighted by Crippen LogP contribution is -2.26. The third kappa shape index (κ3) is 2.37. The molecule has 0 aliphatic rings. The molecule has 5 heteroatoms. The number of likely N-dealkylation sites (N-methyl/N-ethyl adjacent to an activating group) is 1. The van der Waals surface area contributed by atoms with Gasteiger partial charge in [0.2, 0.25) is 5.91 Å². The summed E-state index contributed by atoms with van der Waals surface area (Å²) in [6.45, 7) is 2.83. The first-order valence-corrected chi connectivity index (χ1v) is 3.42. The maximum Gasteiger partial charge on any atom is 0.240 e. The van der Waals surface area contributed by atoms with Gasteiger partial charge in [0, 0.05) is 6.54 Å². The molecule has 1 N–H and O–H groups in total. The van der Waals surface area contributed by atoms with Crippen molar-refractivity contribution in [2.24, 2.45) is 0 Å². The highest BCUT2D eigenvalue weighted by molar-refractivity contribution is 5.75. The Balaban J connectivity index is 2.37.